The number of carbonyl (C=O) groups excluding carboxylic acids is 1. The summed E-state index contributed by atoms with van der Waals surface area (Å²) in [6, 6.07) is 5.01. The molecule has 0 atom stereocenters. The van der Waals surface area contributed by atoms with Crippen LogP contribution in [0, 0.1) is 0 Å². The third-order valence-corrected chi connectivity index (χ3v) is 3.22. The molecule has 0 bridgehead atoms. The van der Waals surface area contributed by atoms with Crippen LogP contribution in [-0.4, -0.2) is 39.6 Å². The molecule has 5 nitrogen and oxygen atoms in total. The lowest BCUT2D eigenvalue weighted by Gasteiger charge is -2.14. The maximum absolute atomic E-state index is 11.6. The zero-order chi connectivity index (χ0) is 15.7. The van der Waals surface area contributed by atoms with Gasteiger partial charge in [-0.2, -0.15) is 0 Å². The van der Waals surface area contributed by atoms with Crippen LogP contribution < -0.4 is 10.1 Å². The number of hydrogen-bond donors (Lipinski definition) is 1. The number of benzene rings is 1. The van der Waals surface area contributed by atoms with Gasteiger partial charge in [-0.25, -0.2) is 0 Å². The van der Waals surface area contributed by atoms with E-state index < -0.39 is 6.29 Å². The average molecular weight is 336 g/mol. The molecular formula is C14H19Cl2NO4. The van der Waals surface area contributed by atoms with Crippen LogP contribution in [-0.2, 0) is 14.3 Å². The predicted octanol–water partition coefficient (Wildman–Crippen LogP) is 2.89. The van der Waals surface area contributed by atoms with Crippen LogP contribution in [0.25, 0.3) is 0 Å². The third-order valence-electron chi connectivity index (χ3n) is 2.69. The second-order valence-electron chi connectivity index (χ2n) is 4.23. The first kappa shape index (κ1) is 18.0. The van der Waals surface area contributed by atoms with Crippen molar-refractivity contribution in [2.24, 2.45) is 0 Å². The predicted molar refractivity (Wildman–Crippen MR) is 82.0 cm³/mol. The van der Waals surface area contributed by atoms with Crippen molar-refractivity contribution in [1.29, 1.82) is 0 Å². The molecule has 118 valence electrons. The van der Waals surface area contributed by atoms with Gasteiger partial charge in [0, 0.05) is 25.7 Å². The van der Waals surface area contributed by atoms with Crippen LogP contribution in [0.2, 0.25) is 10.0 Å². The highest BCUT2D eigenvalue weighted by Gasteiger charge is 2.08. The Bertz CT molecular complexity index is 453. The van der Waals surface area contributed by atoms with E-state index in [2.05, 4.69) is 5.32 Å². The summed E-state index contributed by atoms with van der Waals surface area (Å²) in [6.45, 7) is 0.711. The smallest absolute Gasteiger partial charge is 0.220 e. The normalized spacial score (nSPS) is 10.7. The number of rotatable bonds is 9. The van der Waals surface area contributed by atoms with Crippen molar-refractivity contribution in [2.45, 2.75) is 19.1 Å². The van der Waals surface area contributed by atoms with Gasteiger partial charge in [0.2, 0.25) is 5.91 Å². The molecule has 0 aliphatic heterocycles. The third kappa shape index (κ3) is 7.00. The number of carbonyl (C=O) groups is 1. The summed E-state index contributed by atoms with van der Waals surface area (Å²) in [5, 5.41) is 3.72. The topological polar surface area (TPSA) is 56.8 Å². The Hall–Kier alpha value is -1.01. The highest BCUT2D eigenvalue weighted by Crippen LogP contribution is 2.27. The Morgan fingerprint density at radius 3 is 2.62 bits per heavy atom. The van der Waals surface area contributed by atoms with E-state index in [4.69, 9.17) is 37.4 Å². The molecule has 1 aromatic rings. The summed E-state index contributed by atoms with van der Waals surface area (Å²) in [5.41, 5.74) is 0. The van der Waals surface area contributed by atoms with E-state index >= 15 is 0 Å². The van der Waals surface area contributed by atoms with E-state index in [0.717, 1.165) is 0 Å². The first-order chi connectivity index (χ1) is 10.1. The summed E-state index contributed by atoms with van der Waals surface area (Å²) < 4.78 is 15.4. The Morgan fingerprint density at radius 1 is 1.29 bits per heavy atom. The lowest BCUT2D eigenvalue weighted by Crippen LogP contribution is -2.34. The first-order valence-corrected chi connectivity index (χ1v) is 7.22. The van der Waals surface area contributed by atoms with Gasteiger partial charge >= 0.3 is 0 Å². The molecule has 1 amide bonds. The molecule has 0 aliphatic carbocycles. The standard InChI is InChI=1S/C14H19Cl2NO4/c1-19-14(20-2)9-17-13(18)4-3-7-21-12-6-5-10(15)8-11(12)16/h5-6,8,14H,3-4,7,9H2,1-2H3,(H,17,18). The monoisotopic (exact) mass is 335 g/mol. The Morgan fingerprint density at radius 2 is 2.00 bits per heavy atom. The van der Waals surface area contributed by atoms with Gasteiger partial charge in [0.25, 0.3) is 0 Å². The van der Waals surface area contributed by atoms with Crippen molar-refractivity contribution in [3.8, 4) is 5.75 Å². The molecule has 0 saturated heterocycles. The first-order valence-electron chi connectivity index (χ1n) is 6.47. The van der Waals surface area contributed by atoms with E-state index in [1.807, 2.05) is 0 Å². The number of hydrogen-bond acceptors (Lipinski definition) is 4. The quantitative estimate of drug-likeness (QED) is 0.556. The van der Waals surface area contributed by atoms with Gasteiger partial charge in [-0.1, -0.05) is 23.2 Å². The molecule has 0 spiro atoms. The molecular weight excluding hydrogens is 317 g/mol. The lowest BCUT2D eigenvalue weighted by molar-refractivity contribution is -0.127. The van der Waals surface area contributed by atoms with Crippen LogP contribution in [0.5, 0.6) is 5.75 Å². The van der Waals surface area contributed by atoms with Crippen LogP contribution >= 0.6 is 23.2 Å². The molecule has 1 aromatic carbocycles. The molecule has 0 heterocycles. The molecule has 1 N–H and O–H groups in total. The van der Waals surface area contributed by atoms with Crippen molar-refractivity contribution in [1.82, 2.24) is 5.32 Å². The lowest BCUT2D eigenvalue weighted by atomic mass is 10.3. The highest BCUT2D eigenvalue weighted by atomic mass is 35.5. The van der Waals surface area contributed by atoms with E-state index in [1.165, 1.54) is 14.2 Å². The summed E-state index contributed by atoms with van der Waals surface area (Å²) in [7, 11) is 3.04. The van der Waals surface area contributed by atoms with Gasteiger partial charge in [0.1, 0.15) is 5.75 Å². The molecule has 21 heavy (non-hydrogen) atoms. The number of halogens is 2. The van der Waals surface area contributed by atoms with Gasteiger partial charge in [-0.15, -0.1) is 0 Å². The summed E-state index contributed by atoms with van der Waals surface area (Å²) in [6.07, 6.45) is 0.499. The molecule has 0 aromatic heterocycles. The number of methoxy groups -OCH3 is 2. The fourth-order valence-corrected chi connectivity index (χ4v) is 2.02. The second kappa shape index (κ2) is 9.84. The number of nitrogens with one attached hydrogen (secondary N) is 1. The van der Waals surface area contributed by atoms with Gasteiger partial charge in [0.15, 0.2) is 6.29 Å². The molecule has 0 aliphatic rings. The minimum atomic E-state index is -0.432. The van der Waals surface area contributed by atoms with Gasteiger partial charge in [0.05, 0.1) is 18.2 Å². The molecule has 7 heteroatoms. The Kier molecular flexibility index (Phi) is 8.45. The summed E-state index contributed by atoms with van der Waals surface area (Å²) >= 11 is 11.8. The number of amides is 1. The Labute approximate surface area is 134 Å². The molecule has 0 radical (unpaired) electrons. The fraction of sp³-hybridized carbons (Fsp3) is 0.500. The molecule has 0 unspecified atom stereocenters. The zero-order valence-electron chi connectivity index (χ0n) is 12.0. The average Bonchev–Trinajstić information content (AvgIpc) is 2.46. The van der Waals surface area contributed by atoms with Gasteiger partial charge in [-0.05, 0) is 24.6 Å². The van der Waals surface area contributed by atoms with Crippen molar-refractivity contribution in [3.63, 3.8) is 0 Å². The summed E-state index contributed by atoms with van der Waals surface area (Å²) in [4.78, 5) is 11.6. The maximum atomic E-state index is 11.6. The van der Waals surface area contributed by atoms with Crippen LogP contribution in [0.15, 0.2) is 18.2 Å². The molecule has 0 fully saturated rings. The van der Waals surface area contributed by atoms with Crippen molar-refractivity contribution < 1.29 is 19.0 Å². The van der Waals surface area contributed by atoms with Gasteiger partial charge < -0.3 is 19.5 Å². The summed E-state index contributed by atoms with van der Waals surface area (Å²) in [5.74, 6) is 0.472. The molecule has 0 saturated carbocycles. The maximum Gasteiger partial charge on any atom is 0.220 e. The van der Waals surface area contributed by atoms with E-state index in [9.17, 15) is 4.79 Å². The SMILES string of the molecule is COC(CNC(=O)CCCOc1ccc(Cl)cc1Cl)OC. The van der Waals surface area contributed by atoms with Crippen LogP contribution in [0.4, 0.5) is 0 Å². The van der Waals surface area contributed by atoms with Crippen LogP contribution in [0.1, 0.15) is 12.8 Å². The van der Waals surface area contributed by atoms with E-state index in [1.54, 1.807) is 18.2 Å². The van der Waals surface area contributed by atoms with Crippen LogP contribution in [0.3, 0.4) is 0 Å². The second-order valence-corrected chi connectivity index (χ2v) is 5.08. The number of ether oxygens (including phenoxy) is 3. The van der Waals surface area contributed by atoms with E-state index in [0.29, 0.717) is 41.8 Å². The van der Waals surface area contributed by atoms with Crippen molar-refractivity contribution >= 4 is 29.1 Å². The van der Waals surface area contributed by atoms with Crippen molar-refractivity contribution in [3.05, 3.63) is 28.2 Å². The van der Waals surface area contributed by atoms with E-state index in [-0.39, 0.29) is 5.91 Å². The minimum absolute atomic E-state index is 0.0834. The highest BCUT2D eigenvalue weighted by molar-refractivity contribution is 6.35. The largest absolute Gasteiger partial charge is 0.492 e. The molecule has 1 rings (SSSR count). The Balaban J connectivity index is 2.20. The zero-order valence-corrected chi connectivity index (χ0v) is 13.5. The minimum Gasteiger partial charge on any atom is -0.492 e. The fourth-order valence-electron chi connectivity index (χ4n) is 1.56. The van der Waals surface area contributed by atoms with Gasteiger partial charge in [-0.3, -0.25) is 4.79 Å². The van der Waals surface area contributed by atoms with Crippen molar-refractivity contribution in [2.75, 3.05) is 27.4 Å².